The van der Waals surface area contributed by atoms with Crippen LogP contribution in [0.1, 0.15) is 11.1 Å². The second-order valence-electron chi connectivity index (χ2n) is 9.49. The minimum absolute atomic E-state index is 0.200. The van der Waals surface area contributed by atoms with E-state index < -0.39 is 33.5 Å². The minimum atomic E-state index is -1.55. The molecule has 2 N–H and O–H groups in total. The van der Waals surface area contributed by atoms with Crippen LogP contribution in [-0.4, -0.2) is 70.8 Å². The summed E-state index contributed by atoms with van der Waals surface area (Å²) in [6, 6.07) is 20.1. The highest BCUT2D eigenvalue weighted by Crippen LogP contribution is 2.44. The molecule has 0 amide bonds. The zero-order valence-electron chi connectivity index (χ0n) is 22.4. The first-order chi connectivity index (χ1) is 20.2. The average Bonchev–Trinajstić information content (AvgIpc) is 3.73. The van der Waals surface area contributed by atoms with Crippen LogP contribution in [0.5, 0.6) is 0 Å². The molecular formula is C28H32N5O7P. The van der Waals surface area contributed by atoms with Crippen molar-refractivity contribution in [2.45, 2.75) is 44.5 Å². The Morgan fingerprint density at radius 2 is 1.44 bits per heavy atom. The number of nitrogen functional groups attached to an aromatic ring is 1. The molecule has 0 saturated carbocycles. The Kier molecular flexibility index (Phi) is 9.41. The maximum atomic E-state index is 6.20. The summed E-state index contributed by atoms with van der Waals surface area (Å²) in [5.41, 5.74) is 9.36. The van der Waals surface area contributed by atoms with Crippen molar-refractivity contribution in [3.8, 4) is 0 Å². The number of imidazole rings is 1. The zero-order chi connectivity index (χ0) is 27.9. The minimum Gasteiger partial charge on any atom is -0.382 e. The molecule has 2 aliphatic heterocycles. The summed E-state index contributed by atoms with van der Waals surface area (Å²) in [5, 5.41) is 0. The third kappa shape index (κ3) is 7.62. The number of aromatic nitrogens is 4. The van der Waals surface area contributed by atoms with Crippen molar-refractivity contribution in [1.29, 1.82) is 0 Å². The third-order valence-electron chi connectivity index (χ3n) is 6.51. The van der Waals surface area contributed by atoms with Crippen LogP contribution in [0.3, 0.4) is 0 Å². The second kappa shape index (κ2) is 13.7. The molecule has 0 radical (unpaired) electrons. The van der Waals surface area contributed by atoms with E-state index >= 15 is 0 Å². The summed E-state index contributed by atoms with van der Waals surface area (Å²) in [7, 11) is -1.55. The lowest BCUT2D eigenvalue weighted by Gasteiger charge is -2.23. The van der Waals surface area contributed by atoms with E-state index in [0.717, 1.165) is 11.1 Å². The van der Waals surface area contributed by atoms with Gasteiger partial charge in [0.2, 0.25) is 8.38 Å². The number of fused-ring (bicyclic) bond motifs is 1. The van der Waals surface area contributed by atoms with Gasteiger partial charge in [-0.3, -0.25) is 9.05 Å². The number of hydrogen-bond donors (Lipinski definition) is 1. The molecule has 2 aromatic carbocycles. The predicted molar refractivity (Wildman–Crippen MR) is 149 cm³/mol. The van der Waals surface area contributed by atoms with Gasteiger partial charge in [0.15, 0.2) is 36.6 Å². The number of ether oxygens (including phenoxy) is 5. The Hall–Kier alpha value is -3.06. The fourth-order valence-electron chi connectivity index (χ4n) is 4.52. The van der Waals surface area contributed by atoms with Gasteiger partial charge in [0.1, 0.15) is 31.4 Å². The highest BCUT2D eigenvalue weighted by atomic mass is 31.2. The Bertz CT molecular complexity index is 1320. The van der Waals surface area contributed by atoms with Gasteiger partial charge in [-0.05, 0) is 11.1 Å². The molecule has 2 aliphatic rings. The second-order valence-corrected chi connectivity index (χ2v) is 10.8. The van der Waals surface area contributed by atoms with E-state index in [2.05, 4.69) is 15.0 Å². The maximum Gasteiger partial charge on any atom is 0.203 e. The molecule has 0 bridgehead atoms. The largest absolute Gasteiger partial charge is 0.382 e. The van der Waals surface area contributed by atoms with Crippen molar-refractivity contribution in [3.05, 3.63) is 84.4 Å². The summed E-state index contributed by atoms with van der Waals surface area (Å²) in [6.07, 6.45) is 2.58. The fourth-order valence-corrected chi connectivity index (χ4v) is 5.71. The summed E-state index contributed by atoms with van der Waals surface area (Å²) in [6.45, 7) is 1.47. The summed E-state index contributed by atoms with van der Waals surface area (Å²) in [4.78, 5) is 12.5. The normalized spacial score (nSPS) is 23.3. The Morgan fingerprint density at radius 1 is 0.829 bits per heavy atom. The average molecular weight is 582 g/mol. The van der Waals surface area contributed by atoms with Gasteiger partial charge in [-0.2, -0.15) is 0 Å². The van der Waals surface area contributed by atoms with Crippen molar-refractivity contribution < 1.29 is 32.7 Å². The van der Waals surface area contributed by atoms with Crippen molar-refractivity contribution in [1.82, 2.24) is 19.5 Å². The quantitative estimate of drug-likeness (QED) is 0.183. The Balaban J connectivity index is 1.03. The molecule has 216 valence electrons. The van der Waals surface area contributed by atoms with Gasteiger partial charge in [0.05, 0.1) is 12.9 Å². The maximum absolute atomic E-state index is 6.20. The molecule has 13 heteroatoms. The van der Waals surface area contributed by atoms with Crippen LogP contribution >= 0.6 is 8.38 Å². The molecule has 0 aliphatic carbocycles. The molecule has 4 atom stereocenters. The van der Waals surface area contributed by atoms with Crippen LogP contribution in [0.15, 0.2) is 73.3 Å². The van der Waals surface area contributed by atoms with Gasteiger partial charge in [-0.1, -0.05) is 60.7 Å². The number of rotatable bonds is 13. The van der Waals surface area contributed by atoms with E-state index in [0.29, 0.717) is 56.2 Å². The van der Waals surface area contributed by atoms with Gasteiger partial charge in [-0.25, -0.2) is 15.0 Å². The lowest BCUT2D eigenvalue weighted by molar-refractivity contribution is -0.121. The molecule has 4 unspecified atom stereocenters. The zero-order valence-corrected chi connectivity index (χ0v) is 23.3. The number of nitrogens with two attached hydrogens (primary N) is 1. The van der Waals surface area contributed by atoms with Crippen molar-refractivity contribution >= 4 is 25.4 Å². The van der Waals surface area contributed by atoms with E-state index in [1.807, 2.05) is 65.2 Å². The number of hydrogen-bond acceptors (Lipinski definition) is 11. The van der Waals surface area contributed by atoms with Crippen molar-refractivity contribution in [2.75, 3.05) is 31.9 Å². The van der Waals surface area contributed by atoms with E-state index in [1.54, 1.807) is 6.33 Å². The van der Waals surface area contributed by atoms with Gasteiger partial charge in [0.25, 0.3) is 0 Å². The molecule has 2 saturated heterocycles. The lowest BCUT2D eigenvalue weighted by Crippen LogP contribution is -2.21. The number of nitrogens with zero attached hydrogens (tertiary/aromatic N) is 4. The summed E-state index contributed by atoms with van der Waals surface area (Å²) >= 11 is 0. The van der Waals surface area contributed by atoms with Crippen LogP contribution in [0.4, 0.5) is 5.82 Å². The molecule has 2 aromatic heterocycles. The third-order valence-corrected chi connectivity index (χ3v) is 7.84. The number of anilines is 1. The van der Waals surface area contributed by atoms with Gasteiger partial charge < -0.3 is 34.0 Å². The highest BCUT2D eigenvalue weighted by molar-refractivity contribution is 7.47. The van der Waals surface area contributed by atoms with Gasteiger partial charge in [0, 0.05) is 19.4 Å². The standard InChI is InChI=1S/C28H32N5O7P/c29-27-26-28(31-17-30-27)33(18-32-26)11-12-34-19-41(39-24-15-35-22(37-24)13-20-7-3-1-4-8-20)40-25-16-36-23(38-25)14-21-9-5-2-6-10-21/h1-10,17-18,22-25H,11-16,19H2,(H2,29,30,31). The first kappa shape index (κ1) is 28.1. The molecule has 4 heterocycles. The molecule has 41 heavy (non-hydrogen) atoms. The molecule has 12 nitrogen and oxygen atoms in total. The SMILES string of the molecule is Nc1ncnc2c1ncn2CCOCP(OC1COC(Cc2ccccc2)O1)OC1COC(Cc2ccccc2)O1. The van der Waals surface area contributed by atoms with E-state index in [-0.39, 0.29) is 6.35 Å². The van der Waals surface area contributed by atoms with Gasteiger partial charge in [-0.15, -0.1) is 0 Å². The fraction of sp³-hybridized carbons (Fsp3) is 0.393. The molecule has 4 aromatic rings. The summed E-state index contributed by atoms with van der Waals surface area (Å²) in [5.74, 6) is 0.341. The van der Waals surface area contributed by atoms with E-state index in [4.69, 9.17) is 38.5 Å². The first-order valence-electron chi connectivity index (χ1n) is 13.4. The monoisotopic (exact) mass is 581 g/mol. The summed E-state index contributed by atoms with van der Waals surface area (Å²) < 4.78 is 43.9. The van der Waals surface area contributed by atoms with Crippen LogP contribution in [0, 0.1) is 0 Å². The van der Waals surface area contributed by atoms with E-state index in [1.165, 1.54) is 6.33 Å². The molecule has 2 fully saturated rings. The Labute approximate surface area is 238 Å². The molecular weight excluding hydrogens is 549 g/mol. The lowest BCUT2D eigenvalue weighted by atomic mass is 10.1. The smallest absolute Gasteiger partial charge is 0.203 e. The van der Waals surface area contributed by atoms with Crippen LogP contribution in [0.25, 0.3) is 11.2 Å². The molecule has 0 spiro atoms. The predicted octanol–water partition coefficient (Wildman–Crippen LogP) is 3.61. The molecule has 6 rings (SSSR count). The topological polar surface area (TPSA) is 134 Å². The Morgan fingerprint density at radius 3 is 2.05 bits per heavy atom. The highest BCUT2D eigenvalue weighted by Gasteiger charge is 2.34. The van der Waals surface area contributed by atoms with Gasteiger partial charge >= 0.3 is 0 Å². The van der Waals surface area contributed by atoms with Crippen LogP contribution in [0.2, 0.25) is 0 Å². The van der Waals surface area contributed by atoms with E-state index in [9.17, 15) is 0 Å². The van der Waals surface area contributed by atoms with Crippen molar-refractivity contribution in [3.63, 3.8) is 0 Å². The van der Waals surface area contributed by atoms with Crippen LogP contribution < -0.4 is 5.73 Å². The number of benzene rings is 2. The van der Waals surface area contributed by atoms with Crippen molar-refractivity contribution in [2.24, 2.45) is 0 Å². The first-order valence-corrected chi connectivity index (χ1v) is 14.8. The van der Waals surface area contributed by atoms with Crippen LogP contribution in [-0.2, 0) is 52.1 Å².